The molecule has 0 amide bonds. The van der Waals surface area contributed by atoms with E-state index in [-0.39, 0.29) is 11.6 Å². The first-order valence-electron chi connectivity index (χ1n) is 6.85. The first-order valence-corrected chi connectivity index (χ1v) is 8.14. The normalized spacial score (nSPS) is 27.2. The van der Waals surface area contributed by atoms with Gasteiger partial charge in [-0.15, -0.1) is 11.3 Å². The Kier molecular flexibility index (Phi) is 3.35. The summed E-state index contributed by atoms with van der Waals surface area (Å²) in [6.07, 6.45) is 3.45. The van der Waals surface area contributed by atoms with Crippen LogP contribution in [0.25, 0.3) is 10.2 Å². The Balaban J connectivity index is 2.16. The van der Waals surface area contributed by atoms with Crippen LogP contribution in [0.5, 0.6) is 0 Å². The minimum atomic E-state index is 0.0855. The first-order chi connectivity index (χ1) is 9.13. The van der Waals surface area contributed by atoms with Crippen molar-refractivity contribution in [3.8, 4) is 0 Å². The van der Waals surface area contributed by atoms with Crippen molar-refractivity contribution < 1.29 is 0 Å². The molecule has 3 atom stereocenters. The molecule has 0 bridgehead atoms. The molecule has 102 valence electrons. The summed E-state index contributed by atoms with van der Waals surface area (Å²) in [6.45, 7) is 4.49. The van der Waals surface area contributed by atoms with Gasteiger partial charge in [0.05, 0.1) is 5.52 Å². The van der Waals surface area contributed by atoms with Crippen molar-refractivity contribution in [2.75, 3.05) is 0 Å². The van der Waals surface area contributed by atoms with E-state index in [0.717, 1.165) is 16.6 Å². The number of H-pyrrole nitrogens is 1. The molecule has 0 radical (unpaired) electrons. The fraction of sp³-hybridized carbons (Fsp3) is 0.571. The minimum Gasteiger partial charge on any atom is -0.331 e. The van der Waals surface area contributed by atoms with Crippen LogP contribution in [0.4, 0.5) is 0 Å². The lowest BCUT2D eigenvalue weighted by atomic mass is 9.93. The molecular weight excluding hydrogens is 276 g/mol. The van der Waals surface area contributed by atoms with Gasteiger partial charge in [-0.2, -0.15) is 0 Å². The van der Waals surface area contributed by atoms with Crippen LogP contribution < -0.4 is 5.56 Å². The molecule has 0 aromatic carbocycles. The number of nitrogens with one attached hydrogen (secondary N) is 1. The van der Waals surface area contributed by atoms with Crippen molar-refractivity contribution in [3.05, 3.63) is 26.6 Å². The quantitative estimate of drug-likeness (QED) is 0.846. The lowest BCUT2D eigenvalue weighted by molar-refractivity contribution is 0.321. The SMILES string of the molecule is CCC1CCC(n2c(=S)[nH]c3ccsc3c2=O)C1C. The molecule has 0 saturated heterocycles. The van der Waals surface area contributed by atoms with Crippen LogP contribution in [-0.2, 0) is 0 Å². The van der Waals surface area contributed by atoms with Crippen molar-refractivity contribution in [2.24, 2.45) is 11.8 Å². The van der Waals surface area contributed by atoms with Gasteiger partial charge in [0.1, 0.15) is 4.70 Å². The third-order valence-electron chi connectivity index (χ3n) is 4.58. The summed E-state index contributed by atoms with van der Waals surface area (Å²) in [7, 11) is 0. The summed E-state index contributed by atoms with van der Waals surface area (Å²) < 4.78 is 3.19. The summed E-state index contributed by atoms with van der Waals surface area (Å²) >= 11 is 6.90. The summed E-state index contributed by atoms with van der Waals surface area (Å²) in [5, 5.41) is 1.94. The molecule has 0 spiro atoms. The van der Waals surface area contributed by atoms with E-state index < -0.39 is 0 Å². The smallest absolute Gasteiger partial charge is 0.272 e. The van der Waals surface area contributed by atoms with Crippen molar-refractivity contribution in [1.82, 2.24) is 9.55 Å². The maximum atomic E-state index is 12.6. The van der Waals surface area contributed by atoms with Crippen molar-refractivity contribution in [3.63, 3.8) is 0 Å². The first kappa shape index (κ1) is 13.1. The zero-order chi connectivity index (χ0) is 13.6. The Bertz CT molecular complexity index is 712. The molecule has 19 heavy (non-hydrogen) atoms. The van der Waals surface area contributed by atoms with Gasteiger partial charge in [-0.05, 0) is 48.3 Å². The predicted molar refractivity (Wildman–Crippen MR) is 82.5 cm³/mol. The number of aromatic nitrogens is 2. The molecule has 2 aromatic rings. The number of hydrogen-bond donors (Lipinski definition) is 1. The van der Waals surface area contributed by atoms with Crippen molar-refractivity contribution >= 4 is 33.8 Å². The average molecular weight is 294 g/mol. The Morgan fingerprint density at radius 1 is 1.53 bits per heavy atom. The van der Waals surface area contributed by atoms with Crippen molar-refractivity contribution in [2.45, 2.75) is 39.2 Å². The summed E-state index contributed by atoms with van der Waals surface area (Å²) in [6, 6.07) is 2.18. The van der Waals surface area contributed by atoms with E-state index in [1.807, 2.05) is 16.0 Å². The Morgan fingerprint density at radius 3 is 3.00 bits per heavy atom. The van der Waals surface area contributed by atoms with Crippen LogP contribution in [0.3, 0.4) is 0 Å². The van der Waals surface area contributed by atoms with E-state index >= 15 is 0 Å². The van der Waals surface area contributed by atoms with Gasteiger partial charge in [-0.25, -0.2) is 0 Å². The van der Waals surface area contributed by atoms with Gasteiger partial charge in [0.2, 0.25) is 0 Å². The lowest BCUT2D eigenvalue weighted by Gasteiger charge is -2.22. The molecule has 2 heterocycles. The highest BCUT2D eigenvalue weighted by atomic mass is 32.1. The molecule has 2 aromatic heterocycles. The molecule has 1 fully saturated rings. The van der Waals surface area contributed by atoms with Crippen LogP contribution in [0.1, 0.15) is 39.2 Å². The van der Waals surface area contributed by atoms with E-state index in [2.05, 4.69) is 18.8 Å². The van der Waals surface area contributed by atoms with E-state index in [1.165, 1.54) is 24.2 Å². The molecule has 1 aliphatic carbocycles. The standard InChI is InChI=1S/C14H18N2OS2/c1-3-9-4-5-11(8(9)2)16-13(17)12-10(6-7-19-12)15-14(16)18/h6-9,11H,3-5H2,1-2H3,(H,15,18). The second-order valence-corrected chi connectivity index (χ2v) is 6.74. The van der Waals surface area contributed by atoms with Gasteiger partial charge >= 0.3 is 0 Å². The highest BCUT2D eigenvalue weighted by molar-refractivity contribution is 7.71. The van der Waals surface area contributed by atoms with Crippen LogP contribution in [0.2, 0.25) is 0 Å². The molecular formula is C14H18N2OS2. The number of hydrogen-bond acceptors (Lipinski definition) is 3. The Hall–Kier alpha value is -0.940. The molecule has 3 rings (SSSR count). The average Bonchev–Trinajstić information content (AvgIpc) is 2.97. The number of nitrogens with zero attached hydrogens (tertiary/aromatic N) is 1. The third kappa shape index (κ3) is 1.99. The van der Waals surface area contributed by atoms with Crippen LogP contribution in [-0.4, -0.2) is 9.55 Å². The molecule has 1 aliphatic rings. The zero-order valence-corrected chi connectivity index (χ0v) is 12.8. The molecule has 0 aliphatic heterocycles. The predicted octanol–water partition coefficient (Wildman–Crippen LogP) is 4.12. The third-order valence-corrected chi connectivity index (χ3v) is 5.78. The maximum absolute atomic E-state index is 12.6. The zero-order valence-electron chi connectivity index (χ0n) is 11.2. The molecule has 1 N–H and O–H groups in total. The topological polar surface area (TPSA) is 37.8 Å². The maximum Gasteiger partial charge on any atom is 0.272 e. The van der Waals surface area contributed by atoms with Gasteiger partial charge in [0.15, 0.2) is 4.77 Å². The van der Waals surface area contributed by atoms with Crippen LogP contribution in [0, 0.1) is 16.6 Å². The largest absolute Gasteiger partial charge is 0.331 e. The summed E-state index contributed by atoms with van der Waals surface area (Å²) in [5.41, 5.74) is 0.955. The fourth-order valence-electron chi connectivity index (χ4n) is 3.42. The molecule has 3 unspecified atom stereocenters. The van der Waals surface area contributed by atoms with E-state index in [1.54, 1.807) is 0 Å². The lowest BCUT2D eigenvalue weighted by Crippen LogP contribution is -2.28. The Labute approximate surface area is 121 Å². The van der Waals surface area contributed by atoms with Crippen LogP contribution >= 0.6 is 23.6 Å². The molecule has 1 saturated carbocycles. The van der Waals surface area contributed by atoms with Crippen LogP contribution in [0.15, 0.2) is 16.2 Å². The van der Waals surface area contributed by atoms with E-state index in [9.17, 15) is 4.79 Å². The van der Waals surface area contributed by atoms with Gasteiger partial charge in [-0.3, -0.25) is 9.36 Å². The second kappa shape index (κ2) is 4.87. The van der Waals surface area contributed by atoms with Gasteiger partial charge < -0.3 is 4.98 Å². The number of rotatable bonds is 2. The monoisotopic (exact) mass is 294 g/mol. The molecule has 5 heteroatoms. The number of thiophene rings is 1. The Morgan fingerprint density at radius 2 is 2.32 bits per heavy atom. The highest BCUT2D eigenvalue weighted by Crippen LogP contribution is 2.41. The van der Waals surface area contributed by atoms with Gasteiger partial charge in [0, 0.05) is 6.04 Å². The molecule has 3 nitrogen and oxygen atoms in total. The van der Waals surface area contributed by atoms with E-state index in [0.29, 0.717) is 16.6 Å². The fourth-order valence-corrected chi connectivity index (χ4v) is 4.53. The van der Waals surface area contributed by atoms with Gasteiger partial charge in [-0.1, -0.05) is 20.3 Å². The minimum absolute atomic E-state index is 0.0855. The highest BCUT2D eigenvalue weighted by Gasteiger charge is 2.34. The van der Waals surface area contributed by atoms with Crippen molar-refractivity contribution in [1.29, 1.82) is 0 Å². The van der Waals surface area contributed by atoms with Gasteiger partial charge in [0.25, 0.3) is 5.56 Å². The second-order valence-electron chi connectivity index (χ2n) is 5.44. The number of fused-ring (bicyclic) bond motifs is 1. The number of aromatic amines is 1. The summed E-state index contributed by atoms with van der Waals surface area (Å²) in [5.74, 6) is 1.24. The summed E-state index contributed by atoms with van der Waals surface area (Å²) in [4.78, 5) is 15.8. The van der Waals surface area contributed by atoms with E-state index in [4.69, 9.17) is 12.2 Å².